The predicted octanol–water partition coefficient (Wildman–Crippen LogP) is 1.45. The van der Waals surface area contributed by atoms with E-state index in [-0.39, 0.29) is 18.0 Å². The van der Waals surface area contributed by atoms with Crippen molar-refractivity contribution in [1.82, 2.24) is 9.88 Å². The number of methoxy groups -OCH3 is 1. The fourth-order valence-electron chi connectivity index (χ4n) is 2.39. The van der Waals surface area contributed by atoms with Crippen LogP contribution in [0.5, 0.6) is 0 Å². The molecule has 102 valence electrons. The minimum atomic E-state index is -0.658. The first-order chi connectivity index (χ1) is 9.06. The van der Waals surface area contributed by atoms with Crippen LogP contribution in [0, 0.1) is 5.82 Å². The van der Waals surface area contributed by atoms with Gasteiger partial charge >= 0.3 is 5.97 Å². The molecule has 6 heteroatoms. The standard InChI is InChI=1S/C13H15FN2O3/c1-8(12-9(14)4-3-7-15-12)16-10(13(18)19-2)5-6-11(16)17/h3-4,7-8,10H,5-6H2,1-2H3. The van der Waals surface area contributed by atoms with E-state index in [2.05, 4.69) is 9.72 Å². The summed E-state index contributed by atoms with van der Waals surface area (Å²) in [6.07, 6.45) is 2.12. The van der Waals surface area contributed by atoms with Gasteiger partial charge in [0.2, 0.25) is 5.91 Å². The summed E-state index contributed by atoms with van der Waals surface area (Å²) in [5.74, 6) is -1.15. The third-order valence-corrected chi connectivity index (χ3v) is 3.33. The Morgan fingerprint density at radius 1 is 1.63 bits per heavy atom. The van der Waals surface area contributed by atoms with E-state index in [1.807, 2.05) is 0 Å². The number of hydrogen-bond donors (Lipinski definition) is 0. The lowest BCUT2D eigenvalue weighted by molar-refractivity contribution is -0.150. The van der Waals surface area contributed by atoms with Gasteiger partial charge in [-0.1, -0.05) is 0 Å². The van der Waals surface area contributed by atoms with Crippen molar-refractivity contribution in [2.75, 3.05) is 7.11 Å². The van der Waals surface area contributed by atoms with Gasteiger partial charge in [0.1, 0.15) is 11.9 Å². The van der Waals surface area contributed by atoms with E-state index in [9.17, 15) is 14.0 Å². The van der Waals surface area contributed by atoms with Gasteiger partial charge in [-0.2, -0.15) is 0 Å². The topological polar surface area (TPSA) is 59.5 Å². The van der Waals surface area contributed by atoms with Crippen LogP contribution in [0.1, 0.15) is 31.5 Å². The first-order valence-electron chi connectivity index (χ1n) is 6.05. The molecule has 0 radical (unpaired) electrons. The molecule has 0 aromatic carbocycles. The smallest absolute Gasteiger partial charge is 0.328 e. The van der Waals surface area contributed by atoms with E-state index in [4.69, 9.17) is 0 Å². The second-order valence-corrected chi connectivity index (χ2v) is 4.43. The number of esters is 1. The van der Waals surface area contributed by atoms with Gasteiger partial charge in [-0.15, -0.1) is 0 Å². The van der Waals surface area contributed by atoms with Crippen molar-refractivity contribution in [2.45, 2.75) is 31.8 Å². The quantitative estimate of drug-likeness (QED) is 0.777. The molecule has 2 heterocycles. The lowest BCUT2D eigenvalue weighted by Gasteiger charge is -2.29. The average Bonchev–Trinajstić information content (AvgIpc) is 2.79. The van der Waals surface area contributed by atoms with E-state index in [0.29, 0.717) is 6.42 Å². The van der Waals surface area contributed by atoms with E-state index >= 15 is 0 Å². The maximum absolute atomic E-state index is 13.7. The number of rotatable bonds is 3. The van der Waals surface area contributed by atoms with Crippen molar-refractivity contribution >= 4 is 11.9 Å². The van der Waals surface area contributed by atoms with E-state index < -0.39 is 23.9 Å². The highest BCUT2D eigenvalue weighted by Gasteiger charge is 2.40. The number of aromatic nitrogens is 1. The second kappa shape index (κ2) is 5.34. The lowest BCUT2D eigenvalue weighted by atomic mass is 10.1. The summed E-state index contributed by atoms with van der Waals surface area (Å²) in [7, 11) is 1.27. The number of carbonyl (C=O) groups is 2. The number of likely N-dealkylation sites (tertiary alicyclic amines) is 1. The Bertz CT molecular complexity index is 506. The Balaban J connectivity index is 2.30. The molecular weight excluding hydrogens is 251 g/mol. The minimum Gasteiger partial charge on any atom is -0.467 e. The maximum atomic E-state index is 13.7. The number of halogens is 1. The third-order valence-electron chi connectivity index (χ3n) is 3.33. The number of nitrogens with zero attached hydrogens (tertiary/aromatic N) is 2. The molecule has 19 heavy (non-hydrogen) atoms. The van der Waals surface area contributed by atoms with Crippen molar-refractivity contribution in [3.63, 3.8) is 0 Å². The molecule has 1 aliphatic heterocycles. The summed E-state index contributed by atoms with van der Waals surface area (Å²) in [5, 5.41) is 0. The van der Waals surface area contributed by atoms with Crippen LogP contribution in [-0.4, -0.2) is 34.9 Å². The Labute approximate surface area is 110 Å². The summed E-state index contributed by atoms with van der Waals surface area (Å²) >= 11 is 0. The van der Waals surface area contributed by atoms with Crippen LogP contribution in [0.25, 0.3) is 0 Å². The molecule has 1 aromatic rings. The van der Waals surface area contributed by atoms with E-state index in [1.54, 1.807) is 6.92 Å². The molecule has 2 atom stereocenters. The molecule has 1 aliphatic rings. The van der Waals surface area contributed by atoms with Gasteiger partial charge in [-0.05, 0) is 25.5 Å². The summed E-state index contributed by atoms with van der Waals surface area (Å²) in [6, 6.07) is 1.51. The van der Waals surface area contributed by atoms with Gasteiger partial charge in [-0.3, -0.25) is 9.78 Å². The van der Waals surface area contributed by atoms with E-state index in [1.165, 1.54) is 30.3 Å². The fraction of sp³-hybridized carbons (Fsp3) is 0.462. The molecule has 1 saturated heterocycles. The Kier molecular flexibility index (Phi) is 3.78. The van der Waals surface area contributed by atoms with Crippen molar-refractivity contribution in [1.29, 1.82) is 0 Å². The first kappa shape index (κ1) is 13.5. The zero-order valence-electron chi connectivity index (χ0n) is 10.8. The number of carbonyl (C=O) groups excluding carboxylic acids is 2. The number of ether oxygens (including phenoxy) is 1. The molecule has 2 rings (SSSR count). The number of amides is 1. The second-order valence-electron chi connectivity index (χ2n) is 4.43. The lowest BCUT2D eigenvalue weighted by Crippen LogP contribution is -2.41. The van der Waals surface area contributed by atoms with Gasteiger partial charge in [0, 0.05) is 12.6 Å². The van der Waals surface area contributed by atoms with Gasteiger partial charge < -0.3 is 9.64 Å². The van der Waals surface area contributed by atoms with E-state index in [0.717, 1.165) is 0 Å². The zero-order chi connectivity index (χ0) is 14.0. The molecule has 1 amide bonds. The van der Waals surface area contributed by atoms with Gasteiger partial charge in [0.15, 0.2) is 0 Å². The number of pyridine rings is 1. The summed E-state index contributed by atoms with van der Waals surface area (Å²) in [6.45, 7) is 1.66. The maximum Gasteiger partial charge on any atom is 0.328 e. The largest absolute Gasteiger partial charge is 0.467 e. The van der Waals surface area contributed by atoms with Crippen LogP contribution in [0.4, 0.5) is 4.39 Å². The summed E-state index contributed by atoms with van der Waals surface area (Å²) in [4.78, 5) is 28.9. The Morgan fingerprint density at radius 3 is 3.00 bits per heavy atom. The SMILES string of the molecule is COC(=O)C1CCC(=O)N1C(C)c1ncccc1F. The van der Waals surface area contributed by atoms with Crippen molar-refractivity contribution in [3.05, 3.63) is 29.8 Å². The minimum absolute atomic E-state index is 0.159. The molecule has 2 unspecified atom stereocenters. The normalized spacial score (nSPS) is 20.5. The average molecular weight is 266 g/mol. The van der Waals surface area contributed by atoms with Crippen LogP contribution >= 0.6 is 0 Å². The third kappa shape index (κ3) is 2.43. The van der Waals surface area contributed by atoms with Crippen LogP contribution in [0.15, 0.2) is 18.3 Å². The van der Waals surface area contributed by atoms with Gasteiger partial charge in [0.05, 0.1) is 18.8 Å². The molecular formula is C13H15FN2O3. The monoisotopic (exact) mass is 266 g/mol. The predicted molar refractivity (Wildman–Crippen MR) is 64.5 cm³/mol. The molecule has 0 N–H and O–H groups in total. The Hall–Kier alpha value is -1.98. The fourth-order valence-corrected chi connectivity index (χ4v) is 2.39. The van der Waals surface area contributed by atoms with Gasteiger partial charge in [0.25, 0.3) is 0 Å². The van der Waals surface area contributed by atoms with Crippen LogP contribution in [0.2, 0.25) is 0 Å². The highest BCUT2D eigenvalue weighted by Crippen LogP contribution is 2.30. The zero-order valence-corrected chi connectivity index (χ0v) is 10.8. The van der Waals surface area contributed by atoms with Crippen molar-refractivity contribution < 1.29 is 18.7 Å². The molecule has 5 nitrogen and oxygen atoms in total. The van der Waals surface area contributed by atoms with Crippen LogP contribution in [-0.2, 0) is 14.3 Å². The molecule has 0 saturated carbocycles. The Morgan fingerprint density at radius 2 is 2.37 bits per heavy atom. The van der Waals surface area contributed by atoms with Gasteiger partial charge in [-0.25, -0.2) is 9.18 Å². The highest BCUT2D eigenvalue weighted by atomic mass is 19.1. The molecule has 0 spiro atoms. The number of hydrogen-bond acceptors (Lipinski definition) is 4. The first-order valence-corrected chi connectivity index (χ1v) is 6.05. The van der Waals surface area contributed by atoms with Crippen LogP contribution in [0.3, 0.4) is 0 Å². The molecule has 0 bridgehead atoms. The van der Waals surface area contributed by atoms with Crippen LogP contribution < -0.4 is 0 Å². The summed E-state index contributed by atoms with van der Waals surface area (Å²) < 4.78 is 18.4. The highest BCUT2D eigenvalue weighted by molar-refractivity contribution is 5.88. The molecule has 1 aromatic heterocycles. The van der Waals surface area contributed by atoms with Crippen molar-refractivity contribution in [3.8, 4) is 0 Å². The summed E-state index contributed by atoms with van der Waals surface area (Å²) in [5.41, 5.74) is 0.159. The molecule has 1 fully saturated rings. The molecule has 0 aliphatic carbocycles. The van der Waals surface area contributed by atoms with Crippen molar-refractivity contribution in [2.24, 2.45) is 0 Å².